The molecule has 0 N–H and O–H groups in total. The molecule has 3 aromatic rings. The van der Waals surface area contributed by atoms with E-state index < -0.39 is 5.82 Å². The lowest BCUT2D eigenvalue weighted by atomic mass is 10.1. The molecule has 0 aliphatic heterocycles. The fourth-order valence-electron chi connectivity index (χ4n) is 3.32. The van der Waals surface area contributed by atoms with Gasteiger partial charge in [0.15, 0.2) is 16.6 Å². The molecule has 0 saturated heterocycles. The summed E-state index contributed by atoms with van der Waals surface area (Å²) in [5, 5.41) is 0.466. The van der Waals surface area contributed by atoms with Crippen LogP contribution in [-0.2, 0) is 4.79 Å². The first-order valence-electron chi connectivity index (χ1n) is 10.4. The number of fused-ring (bicyclic) bond motifs is 1. The van der Waals surface area contributed by atoms with E-state index in [2.05, 4.69) is 4.98 Å². The summed E-state index contributed by atoms with van der Waals surface area (Å²) in [6.07, 6.45) is 3.90. The third kappa shape index (κ3) is 6.37. The van der Waals surface area contributed by atoms with Crippen LogP contribution in [-0.4, -0.2) is 64.3 Å². The van der Waals surface area contributed by atoms with Gasteiger partial charge in [-0.15, -0.1) is 12.4 Å². The van der Waals surface area contributed by atoms with Gasteiger partial charge < -0.3 is 19.1 Å². The van der Waals surface area contributed by atoms with E-state index in [1.165, 1.54) is 44.8 Å². The highest BCUT2D eigenvalue weighted by Gasteiger charge is 2.19. The predicted molar refractivity (Wildman–Crippen MR) is 137 cm³/mol. The molecular formula is C24H29ClFN3O4S. The van der Waals surface area contributed by atoms with Crippen LogP contribution in [0.25, 0.3) is 16.3 Å². The van der Waals surface area contributed by atoms with E-state index >= 15 is 0 Å². The van der Waals surface area contributed by atoms with E-state index in [4.69, 9.17) is 14.2 Å². The summed E-state index contributed by atoms with van der Waals surface area (Å²) in [6.45, 7) is 1.26. The Morgan fingerprint density at radius 3 is 2.32 bits per heavy atom. The van der Waals surface area contributed by atoms with Crippen LogP contribution in [0.15, 0.2) is 36.4 Å². The van der Waals surface area contributed by atoms with Gasteiger partial charge in [0, 0.05) is 12.6 Å². The van der Waals surface area contributed by atoms with Crippen LogP contribution in [0.3, 0.4) is 0 Å². The van der Waals surface area contributed by atoms with E-state index in [1.54, 1.807) is 35.2 Å². The second kappa shape index (κ2) is 12.5. The minimum absolute atomic E-state index is 0. The highest BCUT2D eigenvalue weighted by Crippen LogP contribution is 2.38. The second-order valence-corrected chi connectivity index (χ2v) is 8.53. The van der Waals surface area contributed by atoms with Crippen LogP contribution in [0.1, 0.15) is 12.0 Å². The Labute approximate surface area is 209 Å². The molecule has 1 heterocycles. The lowest BCUT2D eigenvalue weighted by Crippen LogP contribution is -2.32. The summed E-state index contributed by atoms with van der Waals surface area (Å²) in [5.74, 6) is 0.817. The standard InChI is InChI=1S/C24H28FN3O4S.ClH/c1-27(2)12-7-13-28(24-26-22-17(25)8-6-9-20(22)33-24)21(29)11-10-16-14-18(30-3)23(32-5)19(15-16)31-4;/h6,8-11,14-15H,7,12-13H2,1-5H3;1H. The Morgan fingerprint density at radius 2 is 1.76 bits per heavy atom. The molecule has 0 spiro atoms. The summed E-state index contributed by atoms with van der Waals surface area (Å²) in [5.41, 5.74) is 0.984. The second-order valence-electron chi connectivity index (χ2n) is 7.52. The number of thiazole rings is 1. The largest absolute Gasteiger partial charge is 0.493 e. The molecule has 0 aliphatic carbocycles. The molecule has 34 heavy (non-hydrogen) atoms. The lowest BCUT2D eigenvalue weighted by Gasteiger charge is -2.19. The normalized spacial score (nSPS) is 11.0. The van der Waals surface area contributed by atoms with E-state index in [0.717, 1.165) is 13.0 Å². The Bertz CT molecular complexity index is 1130. The Balaban J connectivity index is 0.00000408. The number of ether oxygens (including phenoxy) is 3. The van der Waals surface area contributed by atoms with Crippen molar-refractivity contribution in [3.63, 3.8) is 0 Å². The molecule has 184 valence electrons. The first kappa shape index (κ1) is 27.4. The van der Waals surface area contributed by atoms with Crippen LogP contribution in [0.4, 0.5) is 9.52 Å². The van der Waals surface area contributed by atoms with E-state index in [9.17, 15) is 9.18 Å². The number of hydrogen-bond donors (Lipinski definition) is 0. The molecule has 0 unspecified atom stereocenters. The van der Waals surface area contributed by atoms with Crippen molar-refractivity contribution in [2.24, 2.45) is 0 Å². The van der Waals surface area contributed by atoms with Gasteiger partial charge in [0.25, 0.3) is 5.91 Å². The summed E-state index contributed by atoms with van der Waals surface area (Å²) in [6, 6.07) is 8.33. The van der Waals surface area contributed by atoms with Gasteiger partial charge >= 0.3 is 0 Å². The van der Waals surface area contributed by atoms with Crippen LogP contribution in [0.2, 0.25) is 0 Å². The molecule has 0 fully saturated rings. The molecule has 0 atom stereocenters. The molecule has 2 aromatic carbocycles. The van der Waals surface area contributed by atoms with Gasteiger partial charge in [-0.2, -0.15) is 0 Å². The van der Waals surface area contributed by atoms with Crippen molar-refractivity contribution < 1.29 is 23.4 Å². The van der Waals surface area contributed by atoms with Gasteiger partial charge in [-0.25, -0.2) is 9.37 Å². The minimum atomic E-state index is -0.399. The first-order valence-corrected chi connectivity index (χ1v) is 11.2. The third-order valence-corrected chi connectivity index (χ3v) is 5.99. The van der Waals surface area contributed by atoms with E-state index in [1.807, 2.05) is 19.0 Å². The van der Waals surface area contributed by atoms with Crippen molar-refractivity contribution in [1.82, 2.24) is 9.88 Å². The average Bonchev–Trinajstić information content (AvgIpc) is 3.24. The third-order valence-electron chi connectivity index (χ3n) is 4.95. The molecular weight excluding hydrogens is 481 g/mol. The quantitative estimate of drug-likeness (QED) is 0.363. The molecule has 1 aromatic heterocycles. The van der Waals surface area contributed by atoms with Gasteiger partial charge in [0.05, 0.1) is 26.0 Å². The zero-order valence-corrected chi connectivity index (χ0v) is 21.5. The number of nitrogens with zero attached hydrogens (tertiary/aromatic N) is 3. The Kier molecular flexibility index (Phi) is 10.1. The number of aromatic nitrogens is 1. The van der Waals surface area contributed by atoms with Gasteiger partial charge in [-0.1, -0.05) is 17.4 Å². The Hall–Kier alpha value is -2.88. The number of amides is 1. The average molecular weight is 510 g/mol. The number of rotatable bonds is 10. The van der Waals surface area contributed by atoms with Crippen LogP contribution >= 0.6 is 23.7 Å². The molecule has 0 saturated carbocycles. The number of carbonyl (C=O) groups is 1. The predicted octanol–water partition coefficient (Wildman–Crippen LogP) is 4.88. The zero-order valence-electron chi connectivity index (χ0n) is 19.8. The molecule has 0 radical (unpaired) electrons. The maximum absolute atomic E-state index is 14.2. The van der Waals surface area contributed by atoms with Crippen LogP contribution < -0.4 is 19.1 Å². The highest BCUT2D eigenvalue weighted by atomic mass is 35.5. The van der Waals surface area contributed by atoms with Crippen LogP contribution in [0, 0.1) is 5.82 Å². The first-order chi connectivity index (χ1) is 15.9. The number of halogens is 2. The van der Waals surface area contributed by atoms with Crippen molar-refractivity contribution in [1.29, 1.82) is 0 Å². The molecule has 7 nitrogen and oxygen atoms in total. The SMILES string of the molecule is COc1cc(C=CC(=O)N(CCCN(C)C)c2nc3c(F)cccc3s2)cc(OC)c1OC.Cl. The summed E-state index contributed by atoms with van der Waals surface area (Å²) in [7, 11) is 8.56. The number of carbonyl (C=O) groups excluding carboxylic acids is 1. The number of para-hydroxylation sites is 1. The molecule has 1 amide bonds. The maximum atomic E-state index is 14.2. The number of methoxy groups -OCH3 is 3. The minimum Gasteiger partial charge on any atom is -0.493 e. The maximum Gasteiger partial charge on any atom is 0.252 e. The smallest absolute Gasteiger partial charge is 0.252 e. The molecule has 3 rings (SSSR count). The monoisotopic (exact) mass is 509 g/mol. The highest BCUT2D eigenvalue weighted by molar-refractivity contribution is 7.22. The topological polar surface area (TPSA) is 64.1 Å². The Morgan fingerprint density at radius 1 is 1.09 bits per heavy atom. The van der Waals surface area contributed by atoms with Gasteiger partial charge in [-0.05, 0) is 63.0 Å². The number of hydrogen-bond acceptors (Lipinski definition) is 7. The fourth-order valence-corrected chi connectivity index (χ4v) is 4.33. The van der Waals surface area contributed by atoms with Crippen molar-refractivity contribution in [2.45, 2.75) is 6.42 Å². The van der Waals surface area contributed by atoms with Gasteiger partial charge in [-0.3, -0.25) is 9.69 Å². The van der Waals surface area contributed by atoms with E-state index in [-0.39, 0.29) is 23.8 Å². The molecule has 10 heteroatoms. The molecule has 0 aliphatic rings. The zero-order chi connectivity index (χ0) is 24.0. The summed E-state index contributed by atoms with van der Waals surface area (Å²) < 4.78 is 31.0. The summed E-state index contributed by atoms with van der Waals surface area (Å²) >= 11 is 1.30. The summed E-state index contributed by atoms with van der Waals surface area (Å²) in [4.78, 5) is 21.2. The lowest BCUT2D eigenvalue weighted by molar-refractivity contribution is -0.114. The number of anilines is 1. The van der Waals surface area contributed by atoms with Crippen molar-refractivity contribution in [3.05, 3.63) is 47.8 Å². The van der Waals surface area contributed by atoms with Crippen molar-refractivity contribution >= 4 is 51.1 Å². The molecule has 0 bridgehead atoms. The fraction of sp³-hybridized carbons (Fsp3) is 0.333. The van der Waals surface area contributed by atoms with Gasteiger partial charge in [0.2, 0.25) is 5.75 Å². The van der Waals surface area contributed by atoms with Gasteiger partial charge in [0.1, 0.15) is 11.3 Å². The van der Waals surface area contributed by atoms with Crippen LogP contribution in [0.5, 0.6) is 17.2 Å². The van der Waals surface area contributed by atoms with Crippen molar-refractivity contribution in [2.75, 3.05) is 53.4 Å². The van der Waals surface area contributed by atoms with E-state index in [0.29, 0.717) is 39.2 Å². The van der Waals surface area contributed by atoms with Crippen molar-refractivity contribution in [3.8, 4) is 17.2 Å². The number of benzene rings is 2.